The van der Waals surface area contributed by atoms with Crippen LogP contribution >= 0.6 is 11.3 Å². The smallest absolute Gasteiger partial charge is 0.137 e. The second-order valence-corrected chi connectivity index (χ2v) is 9.71. The zero-order valence-corrected chi connectivity index (χ0v) is 20.4. The predicted octanol–water partition coefficient (Wildman–Crippen LogP) is 4.70. The number of nitrogens with zero attached hydrogens (tertiary/aromatic N) is 5. The van der Waals surface area contributed by atoms with Crippen molar-refractivity contribution in [1.29, 1.82) is 0 Å². The molecule has 4 aromatic rings. The molecular weight excluding hydrogens is 456 g/mol. The third-order valence-electron chi connectivity index (χ3n) is 6.20. The van der Waals surface area contributed by atoms with Gasteiger partial charge >= 0.3 is 0 Å². The number of thiazole rings is 1. The Balaban J connectivity index is 1.63. The van der Waals surface area contributed by atoms with Crippen LogP contribution in [-0.4, -0.2) is 42.8 Å². The number of benzene rings is 2. The first-order chi connectivity index (χ1) is 16.2. The molecule has 178 valence electrons. The summed E-state index contributed by atoms with van der Waals surface area (Å²) < 4.78 is 29.9. The lowest BCUT2D eigenvalue weighted by Gasteiger charge is -2.39. The van der Waals surface area contributed by atoms with E-state index in [4.69, 9.17) is 4.98 Å². The summed E-state index contributed by atoms with van der Waals surface area (Å²) >= 11 is 1.60. The maximum Gasteiger partial charge on any atom is 0.137 e. The van der Waals surface area contributed by atoms with Crippen LogP contribution in [0, 0.1) is 25.5 Å². The molecule has 0 aliphatic heterocycles. The maximum absolute atomic E-state index is 14.8. The fourth-order valence-electron chi connectivity index (χ4n) is 3.97. The number of aromatic nitrogens is 4. The lowest BCUT2D eigenvalue weighted by atomic mass is 9.85. The molecule has 0 aliphatic rings. The Morgan fingerprint density at radius 3 is 2.53 bits per heavy atom. The van der Waals surface area contributed by atoms with Gasteiger partial charge in [0.1, 0.15) is 34.9 Å². The van der Waals surface area contributed by atoms with Gasteiger partial charge in [-0.25, -0.2) is 23.4 Å². The number of likely N-dealkylation sites (N-methyl/N-ethyl adjacent to an activating group) is 1. The average molecular weight is 484 g/mol. The summed E-state index contributed by atoms with van der Waals surface area (Å²) in [4.78, 5) is 11.6. The van der Waals surface area contributed by atoms with Crippen LogP contribution in [0.5, 0.6) is 0 Å². The predicted molar refractivity (Wildman–Crippen MR) is 128 cm³/mol. The minimum atomic E-state index is -1.70. The highest BCUT2D eigenvalue weighted by atomic mass is 32.1. The minimum Gasteiger partial charge on any atom is -0.381 e. The highest BCUT2D eigenvalue weighted by Gasteiger charge is 2.41. The van der Waals surface area contributed by atoms with Crippen LogP contribution < -0.4 is 0 Å². The van der Waals surface area contributed by atoms with Crippen molar-refractivity contribution in [3.8, 4) is 10.6 Å². The van der Waals surface area contributed by atoms with Gasteiger partial charge in [0.05, 0.1) is 12.2 Å². The second-order valence-electron chi connectivity index (χ2n) is 8.63. The van der Waals surface area contributed by atoms with E-state index in [1.54, 1.807) is 11.3 Å². The molecular formula is C25H27F2N5OS. The van der Waals surface area contributed by atoms with Gasteiger partial charge in [0.15, 0.2) is 0 Å². The Labute approximate surface area is 201 Å². The Bertz CT molecular complexity index is 1260. The first-order valence-electron chi connectivity index (χ1n) is 10.9. The highest BCUT2D eigenvalue weighted by molar-refractivity contribution is 7.15. The van der Waals surface area contributed by atoms with E-state index < -0.39 is 23.3 Å². The number of hydrogen-bond acceptors (Lipinski definition) is 6. The number of aliphatic hydroxyl groups is 1. The Hall–Kier alpha value is -3.01. The van der Waals surface area contributed by atoms with E-state index in [-0.39, 0.29) is 12.1 Å². The van der Waals surface area contributed by atoms with E-state index in [2.05, 4.69) is 34.3 Å². The summed E-state index contributed by atoms with van der Waals surface area (Å²) in [5.41, 5.74) is 1.46. The third-order valence-corrected chi connectivity index (χ3v) is 7.39. The topological polar surface area (TPSA) is 67.1 Å². The lowest BCUT2D eigenvalue weighted by molar-refractivity contribution is -0.0589. The molecule has 0 fully saturated rings. The van der Waals surface area contributed by atoms with Gasteiger partial charge in [0, 0.05) is 34.7 Å². The third kappa shape index (κ3) is 4.91. The number of rotatable bonds is 8. The second kappa shape index (κ2) is 9.69. The molecule has 4 rings (SSSR count). The van der Waals surface area contributed by atoms with Crippen LogP contribution in [0.4, 0.5) is 8.78 Å². The van der Waals surface area contributed by atoms with Crippen molar-refractivity contribution in [1.82, 2.24) is 24.6 Å². The van der Waals surface area contributed by atoms with Crippen molar-refractivity contribution >= 4 is 11.3 Å². The molecule has 6 nitrogen and oxygen atoms in total. The Morgan fingerprint density at radius 1 is 1.15 bits per heavy atom. The molecule has 34 heavy (non-hydrogen) atoms. The Kier molecular flexibility index (Phi) is 6.88. The largest absolute Gasteiger partial charge is 0.381 e. The maximum atomic E-state index is 14.8. The molecule has 0 saturated carbocycles. The molecule has 0 bridgehead atoms. The van der Waals surface area contributed by atoms with Crippen LogP contribution in [0.1, 0.15) is 28.6 Å². The van der Waals surface area contributed by atoms with E-state index in [1.165, 1.54) is 29.0 Å². The molecule has 2 heterocycles. The van der Waals surface area contributed by atoms with E-state index in [0.29, 0.717) is 6.54 Å². The molecule has 0 aliphatic carbocycles. The SMILES string of the molecule is Cc1ccc(-c2nc(C)c(CN(C)[C@H](C)[C@](O)(Cn3cncn3)c3ccc(F)cc3F)s2)cc1. The van der Waals surface area contributed by atoms with Gasteiger partial charge < -0.3 is 5.11 Å². The summed E-state index contributed by atoms with van der Waals surface area (Å²) in [6, 6.07) is 10.9. The first-order valence-corrected chi connectivity index (χ1v) is 11.7. The van der Waals surface area contributed by atoms with Crippen LogP contribution in [-0.2, 0) is 18.7 Å². The average Bonchev–Trinajstić information content (AvgIpc) is 3.43. The molecule has 2 atom stereocenters. The van der Waals surface area contributed by atoms with Gasteiger partial charge in [-0.15, -0.1) is 11.3 Å². The summed E-state index contributed by atoms with van der Waals surface area (Å²) in [5.74, 6) is -1.51. The van der Waals surface area contributed by atoms with Crippen LogP contribution in [0.25, 0.3) is 10.6 Å². The quantitative estimate of drug-likeness (QED) is 0.393. The van der Waals surface area contributed by atoms with Crippen molar-refractivity contribution in [3.63, 3.8) is 0 Å². The van der Waals surface area contributed by atoms with Gasteiger partial charge in [0.2, 0.25) is 0 Å². The molecule has 0 saturated heterocycles. The molecule has 2 aromatic heterocycles. The summed E-state index contributed by atoms with van der Waals surface area (Å²) in [6.07, 6.45) is 2.81. The zero-order valence-electron chi connectivity index (χ0n) is 19.5. The van der Waals surface area contributed by atoms with E-state index in [0.717, 1.165) is 33.3 Å². The van der Waals surface area contributed by atoms with Gasteiger partial charge in [0.25, 0.3) is 0 Å². The van der Waals surface area contributed by atoms with E-state index in [1.807, 2.05) is 32.7 Å². The number of hydrogen-bond donors (Lipinski definition) is 1. The van der Waals surface area contributed by atoms with Crippen molar-refractivity contribution in [3.05, 3.63) is 88.5 Å². The summed E-state index contributed by atoms with van der Waals surface area (Å²) in [5, 5.41) is 16.8. The monoisotopic (exact) mass is 483 g/mol. The van der Waals surface area contributed by atoms with Crippen molar-refractivity contribution in [2.45, 2.75) is 45.5 Å². The van der Waals surface area contributed by atoms with Gasteiger partial charge in [-0.2, -0.15) is 5.10 Å². The van der Waals surface area contributed by atoms with Crippen molar-refractivity contribution in [2.24, 2.45) is 0 Å². The molecule has 0 amide bonds. The molecule has 2 aromatic carbocycles. The fourth-order valence-corrected chi connectivity index (χ4v) is 5.10. The van der Waals surface area contributed by atoms with Gasteiger partial charge in [-0.1, -0.05) is 35.9 Å². The van der Waals surface area contributed by atoms with Crippen molar-refractivity contribution in [2.75, 3.05) is 7.05 Å². The van der Waals surface area contributed by atoms with E-state index in [9.17, 15) is 13.9 Å². The highest BCUT2D eigenvalue weighted by Crippen LogP contribution is 2.34. The van der Waals surface area contributed by atoms with Crippen LogP contribution in [0.15, 0.2) is 55.1 Å². The van der Waals surface area contributed by atoms with Crippen LogP contribution in [0.2, 0.25) is 0 Å². The van der Waals surface area contributed by atoms with Gasteiger partial charge in [-0.05, 0) is 33.9 Å². The normalized spacial score (nSPS) is 14.4. The molecule has 1 N–H and O–H groups in total. The molecule has 0 unspecified atom stereocenters. The number of halogens is 2. The molecule has 9 heteroatoms. The van der Waals surface area contributed by atoms with Crippen LogP contribution in [0.3, 0.4) is 0 Å². The van der Waals surface area contributed by atoms with Crippen molar-refractivity contribution < 1.29 is 13.9 Å². The number of aryl methyl sites for hydroxylation is 2. The van der Waals surface area contributed by atoms with E-state index >= 15 is 0 Å². The minimum absolute atomic E-state index is 0.00474. The Morgan fingerprint density at radius 2 is 1.88 bits per heavy atom. The standard InChI is InChI=1S/C25H27F2N5OS/c1-16-5-7-19(8-6-16)24-30-17(2)23(34-24)12-31(4)18(3)25(33,13-32-15-28-14-29-32)21-10-9-20(26)11-22(21)27/h5-11,14-15,18,33H,12-13H2,1-4H3/t18-,25-/m1/s1. The molecule has 0 radical (unpaired) electrons. The lowest BCUT2D eigenvalue weighted by Crippen LogP contribution is -2.50. The fraction of sp³-hybridized carbons (Fsp3) is 0.320. The first kappa shape index (κ1) is 24.1. The summed E-state index contributed by atoms with van der Waals surface area (Å²) in [6.45, 7) is 6.28. The zero-order chi connectivity index (χ0) is 24.5. The molecule has 0 spiro atoms. The summed E-state index contributed by atoms with van der Waals surface area (Å²) in [7, 11) is 1.86. The van der Waals surface area contributed by atoms with Gasteiger partial charge in [-0.3, -0.25) is 4.90 Å².